The molecule has 250 valence electrons. The van der Waals surface area contributed by atoms with E-state index in [1.54, 1.807) is 55.1 Å². The molecule has 2 aromatic carbocycles. The summed E-state index contributed by atoms with van der Waals surface area (Å²) < 4.78 is 65.1. The second-order valence-corrected chi connectivity index (χ2v) is 15.3. The summed E-state index contributed by atoms with van der Waals surface area (Å²) in [5.41, 5.74) is -0.239. The van der Waals surface area contributed by atoms with Gasteiger partial charge in [0.2, 0.25) is 16.8 Å². The number of ether oxygens (including phenoxy) is 6. The molecule has 1 N–H and O–H groups in total. The van der Waals surface area contributed by atoms with Crippen LogP contribution in [-0.4, -0.2) is 92.2 Å². The molecule has 12 nitrogen and oxygen atoms in total. The van der Waals surface area contributed by atoms with Crippen molar-refractivity contribution >= 4 is 16.1 Å². The van der Waals surface area contributed by atoms with Crippen LogP contribution in [0.5, 0.6) is 17.2 Å². The van der Waals surface area contributed by atoms with Gasteiger partial charge in [-0.25, -0.2) is 13.2 Å². The van der Waals surface area contributed by atoms with Crippen LogP contribution in [0.1, 0.15) is 51.5 Å². The smallest absolute Gasteiger partial charge is 0.412 e. The fourth-order valence-electron chi connectivity index (χ4n) is 7.55. The van der Waals surface area contributed by atoms with E-state index in [4.69, 9.17) is 28.4 Å². The maximum atomic E-state index is 14.3. The van der Waals surface area contributed by atoms with Gasteiger partial charge >= 0.3 is 6.09 Å². The first-order valence-electron chi connectivity index (χ1n) is 16.2. The lowest BCUT2D eigenvalue weighted by molar-refractivity contribution is -0.0911. The highest BCUT2D eigenvalue weighted by atomic mass is 32.2. The third-order valence-corrected chi connectivity index (χ3v) is 11.7. The number of carbonyl (C=O) groups excluding carboxylic acids is 1. The Morgan fingerprint density at radius 2 is 1.78 bits per heavy atom. The molecule has 1 saturated carbocycles. The minimum absolute atomic E-state index is 0.0318. The molecule has 13 heteroatoms. The van der Waals surface area contributed by atoms with Crippen molar-refractivity contribution in [3.63, 3.8) is 0 Å². The first-order chi connectivity index (χ1) is 22.1. The topological polar surface area (TPSA) is 133 Å². The molecule has 7 rings (SSSR count). The van der Waals surface area contributed by atoms with Gasteiger partial charge in [-0.15, -0.1) is 0 Å². The summed E-state index contributed by atoms with van der Waals surface area (Å²) in [7, 11) is -3.98. The summed E-state index contributed by atoms with van der Waals surface area (Å²) in [5.74, 6) is 1.22. The van der Waals surface area contributed by atoms with Crippen molar-refractivity contribution in [2.75, 3.05) is 33.1 Å². The number of hydrogen-bond acceptors (Lipinski definition) is 10. The van der Waals surface area contributed by atoms with E-state index in [1.807, 2.05) is 0 Å². The Morgan fingerprint density at radius 1 is 1.02 bits per heavy atom. The monoisotopic (exact) mass is 658 g/mol. The number of benzene rings is 2. The molecule has 3 saturated heterocycles. The maximum Gasteiger partial charge on any atom is 0.412 e. The molecule has 0 radical (unpaired) electrons. The number of amides is 1. The van der Waals surface area contributed by atoms with Crippen molar-refractivity contribution < 1.29 is 46.7 Å². The third kappa shape index (κ3) is 6.15. The van der Waals surface area contributed by atoms with E-state index >= 15 is 0 Å². The van der Waals surface area contributed by atoms with Crippen LogP contribution < -0.4 is 9.47 Å². The van der Waals surface area contributed by atoms with Crippen molar-refractivity contribution in [1.29, 1.82) is 0 Å². The number of carbonyl (C=O) groups is 1. The lowest BCUT2D eigenvalue weighted by atomic mass is 9.99. The molecule has 5 aliphatic rings. The van der Waals surface area contributed by atoms with Gasteiger partial charge in [-0.2, -0.15) is 4.31 Å². The van der Waals surface area contributed by atoms with E-state index in [0.717, 1.165) is 37.7 Å². The van der Waals surface area contributed by atoms with Crippen LogP contribution in [0, 0.1) is 11.8 Å². The van der Waals surface area contributed by atoms with Crippen molar-refractivity contribution in [2.24, 2.45) is 11.8 Å². The van der Waals surface area contributed by atoms with E-state index in [2.05, 4.69) is 0 Å². The first kappa shape index (κ1) is 31.5. The molecule has 2 aromatic rings. The van der Waals surface area contributed by atoms with Gasteiger partial charge in [-0.05, 0) is 75.3 Å². The maximum absolute atomic E-state index is 14.3. The van der Waals surface area contributed by atoms with Crippen LogP contribution >= 0.6 is 0 Å². The second kappa shape index (κ2) is 12.5. The third-order valence-electron chi connectivity index (χ3n) is 9.90. The lowest BCUT2D eigenvalue weighted by Gasteiger charge is -2.34. The Bertz CT molecular complexity index is 1530. The summed E-state index contributed by atoms with van der Waals surface area (Å²) in [5, 5.41) is 9.92. The summed E-state index contributed by atoms with van der Waals surface area (Å²) >= 11 is 0. The standard InChI is InChI=1S/C33H42N2O10S/c1-33(2)35(32(37)44-30-19-41-31-25(30)13-14-40-31)26(15-21-7-9-23(36)10-8-21)29(45-33)18-34(17-22-5-3-4-6-22)46(38,39)24-11-12-27-28(16-24)43-20-42-27/h7-12,16,22,25-26,29-31,36H,3-6,13-15,17-20H2,1-2H3/t25-,26-,29+,30-,31+/m1/s1. The van der Waals surface area contributed by atoms with E-state index < -0.39 is 40.1 Å². The molecule has 1 amide bonds. The minimum atomic E-state index is -3.98. The minimum Gasteiger partial charge on any atom is -0.508 e. The number of phenolic OH excluding ortho intramolecular Hbond substituents is 1. The molecule has 46 heavy (non-hydrogen) atoms. The zero-order chi connectivity index (χ0) is 32.1. The molecular weight excluding hydrogens is 616 g/mol. The van der Waals surface area contributed by atoms with E-state index in [0.29, 0.717) is 31.1 Å². The van der Waals surface area contributed by atoms with Gasteiger partial charge in [0.15, 0.2) is 17.8 Å². The van der Waals surface area contributed by atoms with Crippen LogP contribution in [0.3, 0.4) is 0 Å². The number of nitrogens with zero attached hydrogens (tertiary/aromatic N) is 2. The highest BCUT2D eigenvalue weighted by molar-refractivity contribution is 7.89. The first-order valence-corrected chi connectivity index (χ1v) is 17.6. The molecule has 4 fully saturated rings. The van der Waals surface area contributed by atoms with Gasteiger partial charge in [0.25, 0.3) is 0 Å². The zero-order valence-electron chi connectivity index (χ0n) is 26.2. The molecule has 4 heterocycles. The molecule has 0 unspecified atom stereocenters. The Balaban J connectivity index is 1.19. The number of rotatable bonds is 9. The number of fused-ring (bicyclic) bond motifs is 2. The van der Waals surface area contributed by atoms with Gasteiger partial charge < -0.3 is 33.5 Å². The van der Waals surface area contributed by atoms with Gasteiger partial charge in [0, 0.05) is 19.2 Å². The predicted octanol–water partition coefficient (Wildman–Crippen LogP) is 4.25. The number of hydrogen-bond donors (Lipinski definition) is 1. The van der Waals surface area contributed by atoms with Crippen LogP contribution in [-0.2, 0) is 35.4 Å². The Kier molecular flexibility index (Phi) is 8.55. The van der Waals surface area contributed by atoms with Gasteiger partial charge in [-0.1, -0.05) is 25.0 Å². The van der Waals surface area contributed by atoms with Crippen LogP contribution in [0.2, 0.25) is 0 Å². The number of aromatic hydroxyl groups is 1. The van der Waals surface area contributed by atoms with Crippen LogP contribution in [0.4, 0.5) is 4.79 Å². The molecule has 1 aliphatic carbocycles. The molecule has 0 bridgehead atoms. The van der Waals surface area contributed by atoms with Crippen LogP contribution in [0.15, 0.2) is 47.4 Å². The highest BCUT2D eigenvalue weighted by Gasteiger charge is 2.53. The fraction of sp³-hybridized carbons (Fsp3) is 0.606. The number of phenols is 1. The number of sulfonamides is 1. The molecule has 0 aromatic heterocycles. The molecule has 0 spiro atoms. The van der Waals surface area contributed by atoms with Crippen LogP contribution in [0.25, 0.3) is 0 Å². The van der Waals surface area contributed by atoms with E-state index in [-0.39, 0.29) is 48.7 Å². The summed E-state index contributed by atoms with van der Waals surface area (Å²) in [6, 6.07) is 10.9. The van der Waals surface area contributed by atoms with Gasteiger partial charge in [0.05, 0.1) is 36.2 Å². The summed E-state index contributed by atoms with van der Waals surface area (Å²) in [4.78, 5) is 15.8. The SMILES string of the molecule is CC1(C)O[C@@H](CN(CC2CCCC2)S(=O)(=O)c2ccc3c(c2)OCO3)[C@@H](Cc2ccc(O)cc2)N1C(=O)O[C@@H]1CO[C@@H]2OCC[C@@H]21. The van der Waals surface area contributed by atoms with Gasteiger partial charge in [0.1, 0.15) is 17.6 Å². The lowest BCUT2D eigenvalue weighted by Crippen LogP contribution is -2.51. The summed E-state index contributed by atoms with van der Waals surface area (Å²) in [6.45, 7) is 4.84. The van der Waals surface area contributed by atoms with Gasteiger partial charge in [-0.3, -0.25) is 4.90 Å². The van der Waals surface area contributed by atoms with Crippen molar-refractivity contribution in [1.82, 2.24) is 9.21 Å². The normalized spacial score (nSPS) is 28.7. The van der Waals surface area contributed by atoms with E-state index in [9.17, 15) is 18.3 Å². The van der Waals surface area contributed by atoms with E-state index in [1.165, 1.54) is 10.4 Å². The summed E-state index contributed by atoms with van der Waals surface area (Å²) in [6.07, 6.45) is 3.11. The van der Waals surface area contributed by atoms with Crippen molar-refractivity contribution in [3.05, 3.63) is 48.0 Å². The van der Waals surface area contributed by atoms with Crippen molar-refractivity contribution in [2.45, 2.75) is 87.5 Å². The largest absolute Gasteiger partial charge is 0.508 e. The molecule has 5 atom stereocenters. The fourth-order valence-corrected chi connectivity index (χ4v) is 9.10. The van der Waals surface area contributed by atoms with Crippen molar-refractivity contribution in [3.8, 4) is 17.2 Å². The quantitative estimate of drug-likeness (QED) is 0.417. The average molecular weight is 659 g/mol. The predicted molar refractivity (Wildman–Crippen MR) is 164 cm³/mol. The zero-order valence-corrected chi connectivity index (χ0v) is 27.0. The average Bonchev–Trinajstić information content (AvgIpc) is 3.85. The Morgan fingerprint density at radius 3 is 2.57 bits per heavy atom. The Hall–Kier alpha value is -3.10. The molecular formula is C33H42N2O10S. The second-order valence-electron chi connectivity index (χ2n) is 13.3. The Labute approximate surface area is 269 Å². The highest BCUT2D eigenvalue weighted by Crippen LogP contribution is 2.40. The molecule has 4 aliphatic heterocycles.